The normalized spacial score (nSPS) is 15.8. The van der Waals surface area contributed by atoms with Gasteiger partial charge in [0.25, 0.3) is 0 Å². The van der Waals surface area contributed by atoms with Crippen LogP contribution in [0.3, 0.4) is 0 Å². The van der Waals surface area contributed by atoms with Gasteiger partial charge < -0.3 is 4.52 Å². The second-order valence-electron chi connectivity index (χ2n) is 5.00. The van der Waals surface area contributed by atoms with Crippen LogP contribution in [0.25, 0.3) is 0 Å². The van der Waals surface area contributed by atoms with Crippen LogP contribution in [0.5, 0.6) is 0 Å². The van der Waals surface area contributed by atoms with Crippen molar-refractivity contribution >= 4 is 5.69 Å². The first kappa shape index (κ1) is 12.8. The molecule has 1 saturated carbocycles. The summed E-state index contributed by atoms with van der Waals surface area (Å²) >= 11 is 0. The van der Waals surface area contributed by atoms with Crippen LogP contribution in [-0.4, -0.2) is 24.8 Å². The molecule has 0 bridgehead atoms. The third-order valence-corrected chi connectivity index (χ3v) is 3.59. The van der Waals surface area contributed by atoms with Crippen molar-refractivity contribution in [2.45, 2.75) is 44.6 Å². The van der Waals surface area contributed by atoms with E-state index in [4.69, 9.17) is 4.52 Å². The standard InChI is InChI=1S/C12H15N5O3/c18-17(19)10-7-13-16(8-10)6-5-11-14-12(15-20-11)9-3-1-2-4-9/h7-9H,1-6H2. The number of aryl methyl sites for hydroxylation is 2. The molecule has 1 aliphatic carbocycles. The van der Waals surface area contributed by atoms with Crippen LogP contribution < -0.4 is 0 Å². The Balaban J connectivity index is 1.58. The monoisotopic (exact) mass is 277 g/mol. The van der Waals surface area contributed by atoms with Gasteiger partial charge in [0, 0.05) is 18.9 Å². The lowest BCUT2D eigenvalue weighted by molar-refractivity contribution is -0.385. The van der Waals surface area contributed by atoms with Crippen LogP contribution in [0.2, 0.25) is 0 Å². The quantitative estimate of drug-likeness (QED) is 0.612. The summed E-state index contributed by atoms with van der Waals surface area (Å²) in [5.74, 6) is 1.78. The minimum Gasteiger partial charge on any atom is -0.339 e. The van der Waals surface area contributed by atoms with E-state index in [1.54, 1.807) is 0 Å². The highest BCUT2D eigenvalue weighted by Gasteiger charge is 2.22. The van der Waals surface area contributed by atoms with Gasteiger partial charge in [-0.3, -0.25) is 14.8 Å². The van der Waals surface area contributed by atoms with Crippen molar-refractivity contribution in [1.29, 1.82) is 0 Å². The first-order valence-electron chi connectivity index (χ1n) is 6.71. The van der Waals surface area contributed by atoms with E-state index < -0.39 is 4.92 Å². The van der Waals surface area contributed by atoms with Gasteiger partial charge in [0.2, 0.25) is 5.89 Å². The maximum absolute atomic E-state index is 10.6. The second-order valence-corrected chi connectivity index (χ2v) is 5.00. The number of nitro groups is 1. The van der Waals surface area contributed by atoms with E-state index in [2.05, 4.69) is 15.2 Å². The van der Waals surface area contributed by atoms with Crippen molar-refractivity contribution in [3.8, 4) is 0 Å². The molecule has 106 valence electrons. The van der Waals surface area contributed by atoms with Gasteiger partial charge in [-0.2, -0.15) is 10.1 Å². The summed E-state index contributed by atoms with van der Waals surface area (Å²) in [7, 11) is 0. The van der Waals surface area contributed by atoms with E-state index in [0.29, 0.717) is 24.8 Å². The van der Waals surface area contributed by atoms with E-state index in [-0.39, 0.29) is 5.69 Å². The molecule has 2 aromatic heterocycles. The number of rotatable bonds is 5. The van der Waals surface area contributed by atoms with Crippen LogP contribution >= 0.6 is 0 Å². The van der Waals surface area contributed by atoms with Crippen LogP contribution in [-0.2, 0) is 13.0 Å². The lowest BCUT2D eigenvalue weighted by Crippen LogP contribution is -2.02. The first-order valence-corrected chi connectivity index (χ1v) is 6.71. The zero-order chi connectivity index (χ0) is 13.9. The summed E-state index contributed by atoms with van der Waals surface area (Å²) in [5.41, 5.74) is -0.0119. The number of hydrogen-bond acceptors (Lipinski definition) is 6. The Morgan fingerprint density at radius 1 is 1.45 bits per heavy atom. The molecule has 0 amide bonds. The fourth-order valence-corrected chi connectivity index (χ4v) is 2.50. The van der Waals surface area contributed by atoms with Gasteiger partial charge in [-0.25, -0.2) is 0 Å². The fourth-order valence-electron chi connectivity index (χ4n) is 2.50. The Kier molecular flexibility index (Phi) is 3.44. The van der Waals surface area contributed by atoms with E-state index in [1.165, 1.54) is 29.9 Å². The maximum atomic E-state index is 10.6. The van der Waals surface area contributed by atoms with Crippen molar-refractivity contribution in [3.63, 3.8) is 0 Å². The van der Waals surface area contributed by atoms with E-state index in [1.807, 2.05) is 0 Å². The minimum absolute atomic E-state index is 0.0119. The summed E-state index contributed by atoms with van der Waals surface area (Å²) in [6.45, 7) is 0.486. The fraction of sp³-hybridized carbons (Fsp3) is 0.583. The lowest BCUT2D eigenvalue weighted by Gasteiger charge is -1.99. The van der Waals surface area contributed by atoms with Crippen LogP contribution in [0, 0.1) is 10.1 Å². The second kappa shape index (κ2) is 5.40. The molecule has 20 heavy (non-hydrogen) atoms. The summed E-state index contributed by atoms with van der Waals surface area (Å²) in [6.07, 6.45) is 7.87. The zero-order valence-corrected chi connectivity index (χ0v) is 10.9. The summed E-state index contributed by atoms with van der Waals surface area (Å²) < 4.78 is 6.73. The molecule has 8 nitrogen and oxygen atoms in total. The summed E-state index contributed by atoms with van der Waals surface area (Å²) in [5, 5.41) is 18.5. The third kappa shape index (κ3) is 2.68. The molecular weight excluding hydrogens is 262 g/mol. The largest absolute Gasteiger partial charge is 0.339 e. The van der Waals surface area contributed by atoms with E-state index in [9.17, 15) is 10.1 Å². The molecule has 0 atom stereocenters. The number of hydrogen-bond donors (Lipinski definition) is 0. The highest BCUT2D eigenvalue weighted by molar-refractivity contribution is 5.20. The van der Waals surface area contributed by atoms with Gasteiger partial charge in [0.05, 0.1) is 4.92 Å². The van der Waals surface area contributed by atoms with Crippen molar-refractivity contribution in [2.75, 3.05) is 0 Å². The molecule has 0 unspecified atom stereocenters. The Morgan fingerprint density at radius 2 is 2.25 bits per heavy atom. The van der Waals surface area contributed by atoms with Gasteiger partial charge in [0.1, 0.15) is 12.4 Å². The molecule has 0 saturated heterocycles. The SMILES string of the molecule is O=[N+]([O-])c1cnn(CCc2nc(C3CCCC3)no2)c1. The highest BCUT2D eigenvalue weighted by Crippen LogP contribution is 2.32. The molecule has 0 radical (unpaired) electrons. The predicted octanol–water partition coefficient (Wildman–Crippen LogP) is 2.07. The van der Waals surface area contributed by atoms with Crippen molar-refractivity contribution < 1.29 is 9.45 Å². The Labute approximate surface area is 114 Å². The van der Waals surface area contributed by atoms with E-state index in [0.717, 1.165) is 18.7 Å². The number of aromatic nitrogens is 4. The number of nitrogens with zero attached hydrogens (tertiary/aromatic N) is 5. The van der Waals surface area contributed by atoms with Crippen molar-refractivity contribution in [2.24, 2.45) is 0 Å². The summed E-state index contributed by atoms with van der Waals surface area (Å²) in [4.78, 5) is 14.5. The minimum atomic E-state index is -0.464. The highest BCUT2D eigenvalue weighted by atomic mass is 16.6. The molecule has 8 heteroatoms. The van der Waals surface area contributed by atoms with Gasteiger partial charge >= 0.3 is 5.69 Å². The molecule has 2 aromatic rings. The Bertz CT molecular complexity index is 600. The van der Waals surface area contributed by atoms with Gasteiger partial charge in [-0.1, -0.05) is 18.0 Å². The molecule has 0 aliphatic heterocycles. The average molecular weight is 277 g/mol. The van der Waals surface area contributed by atoms with Gasteiger partial charge in [-0.15, -0.1) is 0 Å². The van der Waals surface area contributed by atoms with Crippen molar-refractivity contribution in [3.05, 3.63) is 34.2 Å². The summed E-state index contributed by atoms with van der Waals surface area (Å²) in [6, 6.07) is 0. The maximum Gasteiger partial charge on any atom is 0.306 e. The van der Waals surface area contributed by atoms with Gasteiger partial charge in [-0.05, 0) is 12.8 Å². The van der Waals surface area contributed by atoms with Gasteiger partial charge in [0.15, 0.2) is 5.82 Å². The van der Waals surface area contributed by atoms with E-state index >= 15 is 0 Å². The smallest absolute Gasteiger partial charge is 0.306 e. The van der Waals surface area contributed by atoms with Crippen molar-refractivity contribution in [1.82, 2.24) is 19.9 Å². The molecule has 1 aliphatic rings. The Morgan fingerprint density at radius 3 is 2.95 bits per heavy atom. The average Bonchev–Trinajstić information content (AvgIpc) is 3.17. The molecule has 1 fully saturated rings. The topological polar surface area (TPSA) is 99.9 Å². The van der Waals surface area contributed by atoms with Crippen LogP contribution in [0.1, 0.15) is 43.3 Å². The molecular formula is C12H15N5O3. The first-order chi connectivity index (χ1) is 9.72. The lowest BCUT2D eigenvalue weighted by atomic mass is 10.1. The molecule has 0 aromatic carbocycles. The molecule has 3 rings (SSSR count). The molecule has 0 spiro atoms. The zero-order valence-electron chi connectivity index (χ0n) is 10.9. The molecule has 2 heterocycles. The van der Waals surface area contributed by atoms with Crippen LogP contribution in [0.4, 0.5) is 5.69 Å². The molecule has 0 N–H and O–H groups in total. The van der Waals surface area contributed by atoms with Crippen LogP contribution in [0.15, 0.2) is 16.9 Å². The predicted molar refractivity (Wildman–Crippen MR) is 68.1 cm³/mol. The Hall–Kier alpha value is -2.25. The third-order valence-electron chi connectivity index (χ3n) is 3.59.